The van der Waals surface area contributed by atoms with Crippen molar-refractivity contribution < 1.29 is 4.79 Å². The van der Waals surface area contributed by atoms with Gasteiger partial charge in [0.15, 0.2) is 5.78 Å². The van der Waals surface area contributed by atoms with E-state index in [2.05, 4.69) is 18.7 Å². The fourth-order valence-corrected chi connectivity index (χ4v) is 3.38. The predicted octanol–water partition coefficient (Wildman–Crippen LogP) is 3.66. The molecule has 0 N–H and O–H groups in total. The third kappa shape index (κ3) is 5.42. The molecule has 1 rings (SSSR count). The molecule has 17 heavy (non-hydrogen) atoms. The minimum Gasteiger partial charge on any atom is -0.303 e. The van der Waals surface area contributed by atoms with Crippen LogP contribution in [-0.2, 0) is 0 Å². The van der Waals surface area contributed by atoms with E-state index in [0.29, 0.717) is 10.1 Å². The number of ketones is 1. The fraction of sp³-hybridized carbons (Fsp3) is 0.583. The molecule has 1 aromatic rings. The third-order valence-corrected chi connectivity index (χ3v) is 4.74. The van der Waals surface area contributed by atoms with Crippen LogP contribution >= 0.6 is 34.7 Å². The lowest BCUT2D eigenvalue weighted by molar-refractivity contribution is 0.102. The number of nitrogens with zero attached hydrogens (tertiary/aromatic N) is 1. The summed E-state index contributed by atoms with van der Waals surface area (Å²) in [4.78, 5) is 14.9. The molecule has 0 fully saturated rings. The number of Topliss-reactive ketones (excluding diaryl/α,β-unsaturated/α-hetero) is 1. The number of halogens is 1. The smallest absolute Gasteiger partial charge is 0.182 e. The van der Waals surface area contributed by atoms with Gasteiger partial charge in [-0.3, -0.25) is 4.79 Å². The number of thioether (sulfide) groups is 1. The van der Waals surface area contributed by atoms with E-state index in [9.17, 15) is 4.79 Å². The summed E-state index contributed by atoms with van der Waals surface area (Å²) in [5.74, 6) is 1.75. The van der Waals surface area contributed by atoms with Crippen LogP contribution in [0.25, 0.3) is 0 Å². The zero-order valence-corrected chi connectivity index (χ0v) is 12.6. The van der Waals surface area contributed by atoms with Crippen molar-refractivity contribution in [3.63, 3.8) is 0 Å². The van der Waals surface area contributed by atoms with E-state index in [1.54, 1.807) is 23.9 Å². The first-order valence-corrected chi connectivity index (χ1v) is 8.11. The zero-order valence-electron chi connectivity index (χ0n) is 10.2. The van der Waals surface area contributed by atoms with Crippen LogP contribution < -0.4 is 0 Å². The minimum atomic E-state index is 0.187. The van der Waals surface area contributed by atoms with Crippen LogP contribution in [0.15, 0.2) is 12.1 Å². The summed E-state index contributed by atoms with van der Waals surface area (Å²) < 4.78 is 0.682. The van der Waals surface area contributed by atoms with Crippen molar-refractivity contribution in [3.8, 4) is 0 Å². The van der Waals surface area contributed by atoms with Gasteiger partial charge in [0.1, 0.15) is 0 Å². The van der Waals surface area contributed by atoms with Gasteiger partial charge in [0, 0.05) is 12.3 Å². The van der Waals surface area contributed by atoms with E-state index in [1.807, 2.05) is 0 Å². The molecule has 5 heteroatoms. The summed E-state index contributed by atoms with van der Waals surface area (Å²) in [5.41, 5.74) is 0. The van der Waals surface area contributed by atoms with Crippen molar-refractivity contribution in [3.05, 3.63) is 21.3 Å². The quantitative estimate of drug-likeness (QED) is 0.538. The highest BCUT2D eigenvalue weighted by Gasteiger charge is 2.08. The van der Waals surface area contributed by atoms with Gasteiger partial charge in [0.05, 0.1) is 15.0 Å². The summed E-state index contributed by atoms with van der Waals surface area (Å²) in [6.45, 7) is 7.52. The summed E-state index contributed by atoms with van der Waals surface area (Å²) in [5, 5.41) is 0. The SMILES string of the molecule is CCN(CC)CCSCC(=O)c1ccc(Cl)s1. The Morgan fingerprint density at radius 2 is 2.12 bits per heavy atom. The molecular formula is C12H18ClNOS2. The van der Waals surface area contributed by atoms with Crippen LogP contribution in [0.4, 0.5) is 0 Å². The summed E-state index contributed by atoms with van der Waals surface area (Å²) in [6, 6.07) is 3.58. The van der Waals surface area contributed by atoms with Crippen LogP contribution in [0.5, 0.6) is 0 Å². The first-order chi connectivity index (χ1) is 8.17. The molecule has 0 saturated heterocycles. The summed E-state index contributed by atoms with van der Waals surface area (Å²) in [6.07, 6.45) is 0. The highest BCUT2D eigenvalue weighted by Crippen LogP contribution is 2.22. The molecular weight excluding hydrogens is 274 g/mol. The van der Waals surface area contributed by atoms with Gasteiger partial charge in [-0.05, 0) is 25.2 Å². The molecule has 1 aromatic heterocycles. The fourth-order valence-electron chi connectivity index (χ4n) is 1.43. The molecule has 2 nitrogen and oxygen atoms in total. The summed E-state index contributed by atoms with van der Waals surface area (Å²) >= 11 is 8.86. The van der Waals surface area contributed by atoms with E-state index in [1.165, 1.54) is 11.3 Å². The van der Waals surface area contributed by atoms with Gasteiger partial charge >= 0.3 is 0 Å². The van der Waals surface area contributed by atoms with E-state index in [4.69, 9.17) is 11.6 Å². The first-order valence-electron chi connectivity index (χ1n) is 5.76. The topological polar surface area (TPSA) is 20.3 Å². The lowest BCUT2D eigenvalue weighted by atomic mass is 10.4. The van der Waals surface area contributed by atoms with E-state index in [-0.39, 0.29) is 5.78 Å². The molecule has 0 aliphatic carbocycles. The van der Waals surface area contributed by atoms with Gasteiger partial charge in [0.25, 0.3) is 0 Å². The highest BCUT2D eigenvalue weighted by atomic mass is 35.5. The van der Waals surface area contributed by atoms with Gasteiger partial charge in [0.2, 0.25) is 0 Å². The van der Waals surface area contributed by atoms with E-state index < -0.39 is 0 Å². The average molecular weight is 292 g/mol. The number of hydrogen-bond acceptors (Lipinski definition) is 4. The van der Waals surface area contributed by atoms with Crippen LogP contribution in [-0.4, -0.2) is 41.8 Å². The number of rotatable bonds is 8. The summed E-state index contributed by atoms with van der Waals surface area (Å²) in [7, 11) is 0. The highest BCUT2D eigenvalue weighted by molar-refractivity contribution is 8.00. The average Bonchev–Trinajstić information content (AvgIpc) is 2.76. The Morgan fingerprint density at radius 3 is 2.65 bits per heavy atom. The Labute approximate surface area is 116 Å². The molecule has 0 saturated carbocycles. The molecule has 0 aromatic carbocycles. The monoisotopic (exact) mass is 291 g/mol. The molecule has 96 valence electrons. The van der Waals surface area contributed by atoms with Crippen molar-refractivity contribution >= 4 is 40.5 Å². The maximum atomic E-state index is 11.8. The van der Waals surface area contributed by atoms with Crippen molar-refractivity contribution in [2.45, 2.75) is 13.8 Å². The number of carbonyl (C=O) groups excluding carboxylic acids is 1. The Kier molecular flexibility index (Phi) is 7.19. The molecule has 0 atom stereocenters. The maximum absolute atomic E-state index is 11.8. The standard InChI is InChI=1S/C12H18ClNOS2/c1-3-14(4-2)7-8-16-9-10(15)11-5-6-12(13)17-11/h5-6H,3-4,7-9H2,1-2H3. The predicted molar refractivity (Wildman–Crippen MR) is 78.8 cm³/mol. The number of carbonyl (C=O) groups is 1. The second-order valence-corrected chi connectivity index (χ2v) is 6.43. The zero-order chi connectivity index (χ0) is 12.7. The molecule has 0 amide bonds. The van der Waals surface area contributed by atoms with Crippen molar-refractivity contribution in [2.75, 3.05) is 31.1 Å². The number of hydrogen-bond donors (Lipinski definition) is 0. The largest absolute Gasteiger partial charge is 0.303 e. The molecule has 0 aliphatic rings. The van der Waals surface area contributed by atoms with Gasteiger partial charge in [-0.1, -0.05) is 25.4 Å². The maximum Gasteiger partial charge on any atom is 0.182 e. The van der Waals surface area contributed by atoms with Gasteiger partial charge in [-0.15, -0.1) is 11.3 Å². The Morgan fingerprint density at radius 1 is 1.41 bits per heavy atom. The van der Waals surface area contributed by atoms with E-state index in [0.717, 1.165) is 30.3 Å². The minimum absolute atomic E-state index is 0.187. The molecule has 0 aliphatic heterocycles. The lowest BCUT2D eigenvalue weighted by Gasteiger charge is -2.16. The van der Waals surface area contributed by atoms with Crippen LogP contribution in [0.3, 0.4) is 0 Å². The normalized spacial score (nSPS) is 11.1. The molecule has 0 bridgehead atoms. The second kappa shape index (κ2) is 8.14. The number of thiophene rings is 1. The molecule has 0 unspecified atom stereocenters. The van der Waals surface area contributed by atoms with Crippen molar-refractivity contribution in [1.29, 1.82) is 0 Å². The lowest BCUT2D eigenvalue weighted by Crippen LogP contribution is -2.25. The Balaban J connectivity index is 2.21. The van der Waals surface area contributed by atoms with E-state index >= 15 is 0 Å². The van der Waals surface area contributed by atoms with Crippen LogP contribution in [0.2, 0.25) is 4.34 Å². The molecule has 0 spiro atoms. The van der Waals surface area contributed by atoms with Crippen molar-refractivity contribution in [1.82, 2.24) is 4.90 Å². The Hall–Kier alpha value is -0.0300. The van der Waals surface area contributed by atoms with Crippen LogP contribution in [0, 0.1) is 0 Å². The molecule has 1 heterocycles. The van der Waals surface area contributed by atoms with Crippen LogP contribution in [0.1, 0.15) is 23.5 Å². The van der Waals surface area contributed by atoms with Crippen molar-refractivity contribution in [2.24, 2.45) is 0 Å². The van der Waals surface area contributed by atoms with Gasteiger partial charge in [-0.2, -0.15) is 11.8 Å². The second-order valence-electron chi connectivity index (χ2n) is 3.61. The first kappa shape index (κ1) is 15.0. The third-order valence-electron chi connectivity index (χ3n) is 2.53. The van der Waals surface area contributed by atoms with Gasteiger partial charge < -0.3 is 4.90 Å². The van der Waals surface area contributed by atoms with Gasteiger partial charge in [-0.25, -0.2) is 0 Å². The molecule has 0 radical (unpaired) electrons. The Bertz CT molecular complexity index is 350.